The van der Waals surface area contributed by atoms with Crippen molar-refractivity contribution in [3.05, 3.63) is 60.7 Å². The molecule has 0 saturated heterocycles. The number of carbonyl (C=O) groups is 1. The van der Waals surface area contributed by atoms with Crippen LogP contribution in [0.4, 0.5) is 0 Å². The lowest BCUT2D eigenvalue weighted by Gasteiger charge is -2.13. The molecule has 2 aromatic heterocycles. The number of rotatable bonds is 4. The van der Waals surface area contributed by atoms with Gasteiger partial charge in [-0.25, -0.2) is 4.98 Å². The van der Waals surface area contributed by atoms with E-state index < -0.39 is 11.4 Å². The van der Waals surface area contributed by atoms with Crippen LogP contribution in [0.15, 0.2) is 59.3 Å². The molecule has 0 amide bonds. The molecule has 0 aliphatic carbocycles. The summed E-state index contributed by atoms with van der Waals surface area (Å²) < 4.78 is 5.86. The summed E-state index contributed by atoms with van der Waals surface area (Å²) in [6.07, 6.45) is 3.36. The van der Waals surface area contributed by atoms with Crippen molar-refractivity contribution >= 4 is 5.97 Å². The number of carboxylic acid groups (broad SMARTS) is 1. The van der Waals surface area contributed by atoms with Gasteiger partial charge in [-0.3, -0.25) is 9.78 Å². The molecule has 1 N–H and O–H groups in total. The first kappa shape index (κ1) is 15.0. The van der Waals surface area contributed by atoms with Crippen LogP contribution in [0.25, 0.3) is 22.6 Å². The monoisotopic (exact) mass is 308 g/mol. The molecular formula is C18H16N2O3. The minimum Gasteiger partial charge on any atom is -0.480 e. The van der Waals surface area contributed by atoms with E-state index >= 15 is 0 Å². The molecule has 0 aliphatic rings. The maximum absolute atomic E-state index is 11.5. The van der Waals surface area contributed by atoms with Gasteiger partial charge in [0.05, 0.1) is 0 Å². The van der Waals surface area contributed by atoms with Gasteiger partial charge in [-0.1, -0.05) is 30.3 Å². The molecule has 3 aromatic rings. The van der Waals surface area contributed by atoms with Crippen LogP contribution < -0.4 is 0 Å². The molecule has 3 rings (SSSR count). The van der Waals surface area contributed by atoms with Crippen molar-refractivity contribution in [1.82, 2.24) is 9.97 Å². The Bertz CT molecular complexity index is 767. The van der Waals surface area contributed by atoms with Crippen LogP contribution in [0, 0.1) is 0 Å². The zero-order valence-electron chi connectivity index (χ0n) is 12.9. The Hall–Kier alpha value is -2.95. The summed E-state index contributed by atoms with van der Waals surface area (Å²) in [5, 5.41) is 9.42. The van der Waals surface area contributed by atoms with Gasteiger partial charge in [0.2, 0.25) is 5.89 Å². The van der Waals surface area contributed by atoms with Crippen molar-refractivity contribution < 1.29 is 14.3 Å². The average molecular weight is 308 g/mol. The lowest BCUT2D eigenvalue weighted by Crippen LogP contribution is -2.28. The van der Waals surface area contributed by atoms with Gasteiger partial charge in [-0.2, -0.15) is 0 Å². The molecule has 0 saturated carbocycles. The fourth-order valence-electron chi connectivity index (χ4n) is 2.16. The maximum atomic E-state index is 11.5. The number of oxazole rings is 1. The Morgan fingerprint density at radius 3 is 2.39 bits per heavy atom. The van der Waals surface area contributed by atoms with E-state index in [9.17, 15) is 9.90 Å². The van der Waals surface area contributed by atoms with Gasteiger partial charge in [0.1, 0.15) is 11.1 Å². The third-order valence-electron chi connectivity index (χ3n) is 3.67. The van der Waals surface area contributed by atoms with E-state index in [4.69, 9.17) is 4.42 Å². The highest BCUT2D eigenvalue weighted by Gasteiger charge is 2.36. The molecule has 5 heteroatoms. The van der Waals surface area contributed by atoms with E-state index in [2.05, 4.69) is 9.97 Å². The Morgan fingerprint density at radius 1 is 1.09 bits per heavy atom. The number of hydrogen-bond donors (Lipinski definition) is 1. The number of hydrogen-bond acceptors (Lipinski definition) is 4. The molecule has 0 unspecified atom stereocenters. The first-order valence-electron chi connectivity index (χ1n) is 7.20. The molecular weight excluding hydrogens is 292 g/mol. The summed E-state index contributed by atoms with van der Waals surface area (Å²) in [5.41, 5.74) is 0.992. The van der Waals surface area contributed by atoms with Crippen LogP contribution in [-0.4, -0.2) is 21.0 Å². The summed E-state index contributed by atoms with van der Waals surface area (Å²) in [6, 6.07) is 13.2. The largest absolute Gasteiger partial charge is 0.480 e. The van der Waals surface area contributed by atoms with E-state index in [0.717, 1.165) is 11.1 Å². The van der Waals surface area contributed by atoms with Crippen molar-refractivity contribution in [3.8, 4) is 22.6 Å². The van der Waals surface area contributed by atoms with Crippen molar-refractivity contribution in [1.29, 1.82) is 0 Å². The average Bonchev–Trinajstić information content (AvgIpc) is 3.02. The molecule has 2 heterocycles. The van der Waals surface area contributed by atoms with E-state index in [1.807, 2.05) is 36.4 Å². The molecule has 1 aromatic carbocycles. The highest BCUT2D eigenvalue weighted by molar-refractivity contribution is 5.81. The topological polar surface area (TPSA) is 76.2 Å². The van der Waals surface area contributed by atoms with Gasteiger partial charge in [0.15, 0.2) is 5.76 Å². The number of nitrogens with zero attached hydrogens (tertiary/aromatic N) is 2. The first-order chi connectivity index (χ1) is 11.0. The number of aliphatic carboxylic acids is 1. The predicted molar refractivity (Wildman–Crippen MR) is 85.8 cm³/mol. The summed E-state index contributed by atoms with van der Waals surface area (Å²) in [5.74, 6) is -0.276. The maximum Gasteiger partial charge on any atom is 0.318 e. The quantitative estimate of drug-likeness (QED) is 0.794. The third kappa shape index (κ3) is 2.73. The van der Waals surface area contributed by atoms with Gasteiger partial charge >= 0.3 is 5.97 Å². The molecule has 0 aliphatic heterocycles. The Balaban J connectivity index is 2.21. The number of carboxylic acids is 1. The highest BCUT2D eigenvalue weighted by atomic mass is 16.4. The number of benzene rings is 1. The van der Waals surface area contributed by atoms with E-state index in [-0.39, 0.29) is 5.89 Å². The van der Waals surface area contributed by atoms with Crippen molar-refractivity contribution in [2.45, 2.75) is 19.3 Å². The van der Waals surface area contributed by atoms with Gasteiger partial charge in [0.25, 0.3) is 0 Å². The van der Waals surface area contributed by atoms with Gasteiger partial charge in [-0.15, -0.1) is 0 Å². The number of aromatic nitrogens is 2. The SMILES string of the molecule is CC(C)(C(=O)O)c1nc(-c2cccnc2)c(-c2ccccc2)o1. The summed E-state index contributed by atoms with van der Waals surface area (Å²) in [6.45, 7) is 3.14. The minimum atomic E-state index is -1.22. The summed E-state index contributed by atoms with van der Waals surface area (Å²) >= 11 is 0. The Labute approximate surface area is 133 Å². The second-order valence-electron chi connectivity index (χ2n) is 5.73. The van der Waals surface area contributed by atoms with Crippen LogP contribution >= 0.6 is 0 Å². The molecule has 0 atom stereocenters. The predicted octanol–water partition coefficient (Wildman–Crippen LogP) is 3.77. The normalized spacial score (nSPS) is 11.4. The molecule has 0 spiro atoms. The Kier molecular flexibility index (Phi) is 3.70. The second kappa shape index (κ2) is 5.68. The lowest BCUT2D eigenvalue weighted by molar-refractivity contribution is -0.143. The zero-order valence-corrected chi connectivity index (χ0v) is 12.9. The molecule has 0 fully saturated rings. The molecule has 23 heavy (non-hydrogen) atoms. The van der Waals surface area contributed by atoms with Gasteiger partial charge in [0, 0.05) is 23.5 Å². The Morgan fingerprint density at radius 2 is 1.78 bits per heavy atom. The van der Waals surface area contributed by atoms with E-state index in [1.165, 1.54) is 0 Å². The van der Waals surface area contributed by atoms with Crippen molar-refractivity contribution in [3.63, 3.8) is 0 Å². The van der Waals surface area contributed by atoms with Crippen LogP contribution in [0.5, 0.6) is 0 Å². The third-order valence-corrected chi connectivity index (χ3v) is 3.67. The summed E-state index contributed by atoms with van der Waals surface area (Å²) in [4.78, 5) is 20.1. The van der Waals surface area contributed by atoms with Crippen LogP contribution in [0.3, 0.4) is 0 Å². The molecule has 0 radical (unpaired) electrons. The molecule has 0 bridgehead atoms. The van der Waals surface area contributed by atoms with Crippen LogP contribution in [0.1, 0.15) is 19.7 Å². The van der Waals surface area contributed by atoms with E-state index in [1.54, 1.807) is 32.3 Å². The molecule has 116 valence electrons. The van der Waals surface area contributed by atoms with Gasteiger partial charge in [-0.05, 0) is 26.0 Å². The smallest absolute Gasteiger partial charge is 0.318 e. The standard InChI is InChI=1S/C18H16N2O3/c1-18(2,17(21)22)16-20-14(13-9-6-10-19-11-13)15(23-16)12-7-4-3-5-8-12/h3-11H,1-2H3,(H,21,22). The van der Waals surface area contributed by atoms with Gasteiger partial charge < -0.3 is 9.52 Å². The molecule has 5 nitrogen and oxygen atoms in total. The fourth-order valence-corrected chi connectivity index (χ4v) is 2.16. The lowest BCUT2D eigenvalue weighted by atomic mass is 9.94. The highest BCUT2D eigenvalue weighted by Crippen LogP contribution is 2.36. The van der Waals surface area contributed by atoms with Crippen LogP contribution in [-0.2, 0) is 10.2 Å². The van der Waals surface area contributed by atoms with Crippen LogP contribution in [0.2, 0.25) is 0 Å². The zero-order chi connectivity index (χ0) is 16.4. The summed E-state index contributed by atoms with van der Waals surface area (Å²) in [7, 11) is 0. The first-order valence-corrected chi connectivity index (χ1v) is 7.20. The van der Waals surface area contributed by atoms with Crippen molar-refractivity contribution in [2.75, 3.05) is 0 Å². The minimum absolute atomic E-state index is 0.169. The number of pyridine rings is 1. The fraction of sp³-hybridized carbons (Fsp3) is 0.167. The second-order valence-corrected chi connectivity index (χ2v) is 5.73. The van der Waals surface area contributed by atoms with Crippen molar-refractivity contribution in [2.24, 2.45) is 0 Å². The van der Waals surface area contributed by atoms with E-state index in [0.29, 0.717) is 11.5 Å².